The maximum absolute atomic E-state index is 4.72. The summed E-state index contributed by atoms with van der Waals surface area (Å²) in [4.78, 5) is 14.0. The zero-order chi connectivity index (χ0) is 13.8. The van der Waals surface area contributed by atoms with Crippen LogP contribution in [0.15, 0.2) is 17.0 Å². The third kappa shape index (κ3) is 3.37. The smallest absolute Gasteiger partial charge is 0.185 e. The lowest BCUT2D eigenvalue weighted by atomic mass is 10.3. The number of hydrogen-bond acceptors (Lipinski definition) is 6. The van der Waals surface area contributed by atoms with Crippen LogP contribution in [0.3, 0.4) is 0 Å². The minimum Gasteiger partial charge on any atom is -0.346 e. The van der Waals surface area contributed by atoms with Gasteiger partial charge in [0, 0.05) is 49.7 Å². The monoisotopic (exact) mass is 308 g/mol. The van der Waals surface area contributed by atoms with E-state index in [0.29, 0.717) is 0 Å². The Morgan fingerprint density at radius 3 is 2.75 bits per heavy atom. The van der Waals surface area contributed by atoms with Crippen molar-refractivity contribution in [3.63, 3.8) is 0 Å². The van der Waals surface area contributed by atoms with Crippen molar-refractivity contribution in [2.24, 2.45) is 0 Å². The van der Waals surface area contributed by atoms with Gasteiger partial charge >= 0.3 is 0 Å². The van der Waals surface area contributed by atoms with Crippen molar-refractivity contribution in [1.29, 1.82) is 0 Å². The molecule has 2 aromatic heterocycles. The Hall–Kier alpha value is -0.980. The topological polar surface area (TPSA) is 32.3 Å². The van der Waals surface area contributed by atoms with Crippen molar-refractivity contribution < 1.29 is 0 Å². The summed E-state index contributed by atoms with van der Waals surface area (Å²) in [6.45, 7) is 7.53. The molecule has 4 nitrogen and oxygen atoms in total. The third-order valence-electron chi connectivity index (χ3n) is 3.51. The molecule has 1 fully saturated rings. The molecule has 2 aromatic rings. The van der Waals surface area contributed by atoms with Crippen molar-refractivity contribution in [1.82, 2.24) is 14.9 Å². The van der Waals surface area contributed by atoms with Gasteiger partial charge in [-0.2, -0.15) is 0 Å². The van der Waals surface area contributed by atoms with Crippen molar-refractivity contribution in [2.45, 2.75) is 26.3 Å². The van der Waals surface area contributed by atoms with Gasteiger partial charge in [-0.05, 0) is 12.8 Å². The van der Waals surface area contributed by atoms with Gasteiger partial charge in [-0.3, -0.25) is 4.90 Å². The largest absolute Gasteiger partial charge is 0.346 e. The summed E-state index contributed by atoms with van der Waals surface area (Å²) in [6, 6.07) is 0. The number of piperazine rings is 1. The number of anilines is 1. The van der Waals surface area contributed by atoms with Gasteiger partial charge in [0.25, 0.3) is 0 Å². The average molecular weight is 308 g/mol. The van der Waals surface area contributed by atoms with Crippen LogP contribution in [0.25, 0.3) is 0 Å². The van der Waals surface area contributed by atoms with Gasteiger partial charge in [0.2, 0.25) is 0 Å². The van der Waals surface area contributed by atoms with E-state index >= 15 is 0 Å². The molecule has 0 aliphatic carbocycles. The number of hydrogen-bond donors (Lipinski definition) is 0. The maximum Gasteiger partial charge on any atom is 0.185 e. The highest BCUT2D eigenvalue weighted by molar-refractivity contribution is 7.13. The Bertz CT molecular complexity index is 515. The quantitative estimate of drug-likeness (QED) is 0.850. The zero-order valence-corrected chi connectivity index (χ0v) is 13.4. The Morgan fingerprint density at radius 1 is 1.20 bits per heavy atom. The Kier molecular flexibility index (Phi) is 4.65. The fourth-order valence-electron chi connectivity index (χ4n) is 2.45. The highest BCUT2D eigenvalue weighted by Crippen LogP contribution is 2.20. The van der Waals surface area contributed by atoms with E-state index in [1.165, 1.54) is 17.1 Å². The van der Waals surface area contributed by atoms with Gasteiger partial charge in [-0.1, -0.05) is 6.92 Å². The molecule has 0 amide bonds. The lowest BCUT2D eigenvalue weighted by molar-refractivity contribution is 0.247. The van der Waals surface area contributed by atoms with Gasteiger partial charge in [-0.15, -0.1) is 22.7 Å². The molecule has 1 aliphatic heterocycles. The maximum atomic E-state index is 4.72. The highest BCUT2D eigenvalue weighted by atomic mass is 32.1. The molecule has 0 unspecified atom stereocenters. The Labute approximate surface area is 128 Å². The van der Waals surface area contributed by atoms with Crippen molar-refractivity contribution in [3.05, 3.63) is 27.7 Å². The first-order chi connectivity index (χ1) is 9.85. The van der Waals surface area contributed by atoms with E-state index in [0.717, 1.165) is 44.3 Å². The molecular weight excluding hydrogens is 288 g/mol. The molecule has 3 heterocycles. The van der Waals surface area contributed by atoms with E-state index in [1.54, 1.807) is 22.7 Å². The van der Waals surface area contributed by atoms with Crippen LogP contribution < -0.4 is 4.90 Å². The Morgan fingerprint density at radius 2 is 2.05 bits per heavy atom. The van der Waals surface area contributed by atoms with E-state index < -0.39 is 0 Å². The fraction of sp³-hybridized carbons (Fsp3) is 0.571. The summed E-state index contributed by atoms with van der Waals surface area (Å²) in [5, 5.41) is 6.71. The summed E-state index contributed by atoms with van der Waals surface area (Å²) in [6.07, 6.45) is 4.18. The zero-order valence-electron chi connectivity index (χ0n) is 11.8. The molecule has 0 atom stereocenters. The second-order valence-corrected chi connectivity index (χ2v) is 6.88. The van der Waals surface area contributed by atoms with Crippen LogP contribution in [0.1, 0.15) is 24.0 Å². The molecule has 6 heteroatoms. The summed E-state index contributed by atoms with van der Waals surface area (Å²) in [5.41, 5.74) is 1.24. The molecule has 1 aliphatic rings. The third-order valence-corrected chi connectivity index (χ3v) is 5.30. The normalized spacial score (nSPS) is 16.8. The molecule has 0 N–H and O–H groups in total. The van der Waals surface area contributed by atoms with E-state index in [2.05, 4.69) is 27.1 Å². The van der Waals surface area contributed by atoms with E-state index in [-0.39, 0.29) is 0 Å². The summed E-state index contributed by atoms with van der Waals surface area (Å²) < 4.78 is 0. The number of rotatable bonds is 5. The first-order valence-corrected chi connectivity index (χ1v) is 8.91. The van der Waals surface area contributed by atoms with Gasteiger partial charge in [0.15, 0.2) is 5.13 Å². The minimum atomic E-state index is 0.992. The molecule has 0 bridgehead atoms. The predicted molar refractivity (Wildman–Crippen MR) is 85.7 cm³/mol. The molecule has 0 radical (unpaired) electrons. The number of nitrogens with zero attached hydrogens (tertiary/aromatic N) is 4. The molecule has 0 saturated carbocycles. The number of aromatic nitrogens is 2. The standard InChI is InChI=1S/C14H20N4S2/c1-2-3-13-16-12(11-20-13)10-17-5-7-18(8-6-17)14-15-4-9-19-14/h4,9,11H,2-3,5-8,10H2,1H3. The van der Waals surface area contributed by atoms with Crippen LogP contribution in [0.2, 0.25) is 0 Å². The lowest BCUT2D eigenvalue weighted by Gasteiger charge is -2.34. The van der Waals surface area contributed by atoms with Gasteiger partial charge in [-0.25, -0.2) is 9.97 Å². The lowest BCUT2D eigenvalue weighted by Crippen LogP contribution is -2.46. The predicted octanol–water partition coefficient (Wildman–Crippen LogP) is 2.87. The molecular formula is C14H20N4S2. The highest BCUT2D eigenvalue weighted by Gasteiger charge is 2.19. The SMILES string of the molecule is CCCc1nc(CN2CCN(c3nccs3)CC2)cs1. The molecule has 108 valence electrons. The summed E-state index contributed by atoms with van der Waals surface area (Å²) in [7, 11) is 0. The number of aryl methyl sites for hydroxylation is 1. The average Bonchev–Trinajstić information content (AvgIpc) is 3.12. The van der Waals surface area contributed by atoms with Crippen molar-refractivity contribution in [3.8, 4) is 0 Å². The number of thiazole rings is 2. The van der Waals surface area contributed by atoms with Crippen molar-refractivity contribution in [2.75, 3.05) is 31.1 Å². The molecule has 1 saturated heterocycles. The second kappa shape index (κ2) is 6.65. The van der Waals surface area contributed by atoms with Gasteiger partial charge < -0.3 is 4.90 Å². The van der Waals surface area contributed by atoms with Crippen LogP contribution in [-0.2, 0) is 13.0 Å². The minimum absolute atomic E-state index is 0.992. The molecule has 0 spiro atoms. The summed E-state index contributed by atoms with van der Waals surface area (Å²) in [5.74, 6) is 0. The fourth-order valence-corrected chi connectivity index (χ4v) is 4.04. The molecule has 20 heavy (non-hydrogen) atoms. The van der Waals surface area contributed by atoms with Crippen LogP contribution in [0.4, 0.5) is 5.13 Å². The van der Waals surface area contributed by atoms with Crippen molar-refractivity contribution >= 4 is 27.8 Å². The molecule has 3 rings (SSSR count). The van der Waals surface area contributed by atoms with Crippen LogP contribution in [0, 0.1) is 0 Å². The van der Waals surface area contributed by atoms with Crippen LogP contribution >= 0.6 is 22.7 Å². The Balaban J connectivity index is 1.50. The van der Waals surface area contributed by atoms with Gasteiger partial charge in [0.05, 0.1) is 10.7 Å². The van der Waals surface area contributed by atoms with E-state index in [1.807, 2.05) is 11.6 Å². The second-order valence-electron chi connectivity index (χ2n) is 5.06. The first kappa shape index (κ1) is 14.0. The molecule has 0 aromatic carbocycles. The summed E-state index contributed by atoms with van der Waals surface area (Å²) >= 11 is 3.53. The first-order valence-electron chi connectivity index (χ1n) is 7.15. The van der Waals surface area contributed by atoms with Gasteiger partial charge in [0.1, 0.15) is 0 Å². The van der Waals surface area contributed by atoms with E-state index in [9.17, 15) is 0 Å². The van der Waals surface area contributed by atoms with E-state index in [4.69, 9.17) is 4.98 Å². The van der Waals surface area contributed by atoms with Crippen LogP contribution in [0.5, 0.6) is 0 Å². The van der Waals surface area contributed by atoms with Crippen LogP contribution in [-0.4, -0.2) is 41.0 Å².